The molecule has 0 atom stereocenters. The summed E-state index contributed by atoms with van der Waals surface area (Å²) in [5.41, 5.74) is 0.449. The number of rotatable bonds is 2. The van der Waals surface area contributed by atoms with Crippen molar-refractivity contribution in [3.63, 3.8) is 0 Å². The number of aromatic nitrogens is 2. The zero-order valence-corrected chi connectivity index (χ0v) is 10.0. The van der Waals surface area contributed by atoms with E-state index in [0.29, 0.717) is 24.4 Å². The number of imide groups is 1. The standard InChI is InChI=1S/C13H13N3O2/c1-10(9-11-14-6-4-7-15-11)13(18)16-8-3-2-5-12(16)17/h2,4-7,9H,3,8H2,1H3/b10-9+. The lowest BCUT2D eigenvalue weighted by Gasteiger charge is -2.21. The van der Waals surface area contributed by atoms with Crippen molar-refractivity contribution in [3.8, 4) is 0 Å². The monoisotopic (exact) mass is 243 g/mol. The molecule has 0 saturated carbocycles. The predicted octanol–water partition coefficient (Wildman–Crippen LogP) is 1.20. The fraction of sp³-hybridized carbons (Fsp3) is 0.231. The van der Waals surface area contributed by atoms with Crippen LogP contribution in [0.5, 0.6) is 0 Å². The van der Waals surface area contributed by atoms with Crippen LogP contribution < -0.4 is 0 Å². The average molecular weight is 243 g/mol. The summed E-state index contributed by atoms with van der Waals surface area (Å²) < 4.78 is 0. The predicted molar refractivity (Wildman–Crippen MR) is 66.2 cm³/mol. The smallest absolute Gasteiger partial charge is 0.256 e. The lowest BCUT2D eigenvalue weighted by Crippen LogP contribution is -2.38. The van der Waals surface area contributed by atoms with E-state index in [0.717, 1.165) is 0 Å². The summed E-state index contributed by atoms with van der Waals surface area (Å²) in [4.78, 5) is 32.9. The molecular formula is C13H13N3O2. The maximum absolute atomic E-state index is 12.1. The third kappa shape index (κ3) is 2.68. The van der Waals surface area contributed by atoms with E-state index in [1.165, 1.54) is 11.0 Å². The first-order valence-corrected chi connectivity index (χ1v) is 5.66. The molecule has 0 fully saturated rings. The molecule has 0 unspecified atom stereocenters. The molecule has 5 heteroatoms. The normalized spacial score (nSPS) is 15.9. The van der Waals surface area contributed by atoms with E-state index >= 15 is 0 Å². The molecular weight excluding hydrogens is 230 g/mol. The van der Waals surface area contributed by atoms with Crippen molar-refractivity contribution in [2.45, 2.75) is 13.3 Å². The van der Waals surface area contributed by atoms with Gasteiger partial charge in [0, 0.05) is 24.5 Å². The van der Waals surface area contributed by atoms with Gasteiger partial charge in [-0.3, -0.25) is 14.5 Å². The molecule has 18 heavy (non-hydrogen) atoms. The van der Waals surface area contributed by atoms with Gasteiger partial charge < -0.3 is 0 Å². The maximum Gasteiger partial charge on any atom is 0.256 e. The quantitative estimate of drug-likeness (QED) is 0.732. The number of hydrogen-bond acceptors (Lipinski definition) is 4. The van der Waals surface area contributed by atoms with Crippen LogP contribution in [-0.4, -0.2) is 33.2 Å². The molecule has 1 aromatic heterocycles. The highest BCUT2D eigenvalue weighted by atomic mass is 16.2. The summed E-state index contributed by atoms with van der Waals surface area (Å²) in [5, 5.41) is 0. The van der Waals surface area contributed by atoms with Crippen LogP contribution in [0.25, 0.3) is 6.08 Å². The Balaban J connectivity index is 2.16. The Morgan fingerprint density at radius 1 is 1.39 bits per heavy atom. The van der Waals surface area contributed by atoms with E-state index in [-0.39, 0.29) is 11.8 Å². The highest BCUT2D eigenvalue weighted by molar-refractivity contribution is 6.09. The number of carbonyl (C=O) groups is 2. The van der Waals surface area contributed by atoms with E-state index < -0.39 is 0 Å². The van der Waals surface area contributed by atoms with Gasteiger partial charge in [0.25, 0.3) is 11.8 Å². The Kier molecular flexibility index (Phi) is 3.62. The average Bonchev–Trinajstić information content (AvgIpc) is 2.39. The van der Waals surface area contributed by atoms with Gasteiger partial charge in [0.1, 0.15) is 0 Å². The SMILES string of the molecule is C/C(=C\c1ncccn1)C(=O)N1CCC=CC1=O. The van der Waals surface area contributed by atoms with Gasteiger partial charge in [0.05, 0.1) is 0 Å². The minimum absolute atomic E-state index is 0.270. The maximum atomic E-state index is 12.1. The Morgan fingerprint density at radius 3 is 2.78 bits per heavy atom. The van der Waals surface area contributed by atoms with Crippen LogP contribution >= 0.6 is 0 Å². The molecule has 2 heterocycles. The summed E-state index contributed by atoms with van der Waals surface area (Å²) in [6.07, 6.45) is 8.68. The zero-order valence-electron chi connectivity index (χ0n) is 10.0. The summed E-state index contributed by atoms with van der Waals surface area (Å²) in [6, 6.07) is 1.70. The van der Waals surface area contributed by atoms with Gasteiger partial charge >= 0.3 is 0 Å². The Labute approximate surface area is 105 Å². The van der Waals surface area contributed by atoms with Gasteiger partial charge in [0.2, 0.25) is 0 Å². The van der Waals surface area contributed by atoms with Crippen molar-refractivity contribution >= 4 is 17.9 Å². The molecule has 0 spiro atoms. The number of nitrogens with zero attached hydrogens (tertiary/aromatic N) is 3. The summed E-state index contributed by atoms with van der Waals surface area (Å²) in [5.74, 6) is -0.104. The molecule has 0 N–H and O–H groups in total. The number of carbonyl (C=O) groups excluding carboxylic acids is 2. The van der Waals surface area contributed by atoms with E-state index in [1.807, 2.05) is 0 Å². The Hall–Kier alpha value is -2.30. The van der Waals surface area contributed by atoms with Crippen LogP contribution in [0.3, 0.4) is 0 Å². The van der Waals surface area contributed by atoms with E-state index in [9.17, 15) is 9.59 Å². The molecule has 0 radical (unpaired) electrons. The van der Waals surface area contributed by atoms with Crippen molar-refractivity contribution in [2.75, 3.05) is 6.54 Å². The van der Waals surface area contributed by atoms with Crippen molar-refractivity contribution in [1.29, 1.82) is 0 Å². The molecule has 1 aromatic rings. The van der Waals surface area contributed by atoms with Crippen molar-refractivity contribution in [1.82, 2.24) is 14.9 Å². The fourth-order valence-corrected chi connectivity index (χ4v) is 1.64. The van der Waals surface area contributed by atoms with Crippen molar-refractivity contribution in [2.24, 2.45) is 0 Å². The van der Waals surface area contributed by atoms with Crippen LogP contribution in [0, 0.1) is 0 Å². The molecule has 0 aliphatic carbocycles. The minimum atomic E-state index is -0.295. The summed E-state index contributed by atoms with van der Waals surface area (Å²) in [6.45, 7) is 2.08. The fourth-order valence-electron chi connectivity index (χ4n) is 1.64. The molecule has 1 aliphatic rings. The van der Waals surface area contributed by atoms with E-state index in [4.69, 9.17) is 0 Å². The van der Waals surface area contributed by atoms with Crippen molar-refractivity contribution in [3.05, 3.63) is 42.0 Å². The third-order valence-corrected chi connectivity index (χ3v) is 2.56. The Bertz CT molecular complexity index is 520. The molecule has 1 aliphatic heterocycles. The zero-order chi connectivity index (χ0) is 13.0. The van der Waals surface area contributed by atoms with Gasteiger partial charge in [-0.25, -0.2) is 9.97 Å². The van der Waals surface area contributed by atoms with Crippen LogP contribution in [0.15, 0.2) is 36.2 Å². The second-order valence-corrected chi connectivity index (χ2v) is 3.92. The number of amides is 2. The lowest BCUT2D eigenvalue weighted by atomic mass is 10.2. The molecule has 0 bridgehead atoms. The first kappa shape index (κ1) is 12.2. The third-order valence-electron chi connectivity index (χ3n) is 2.56. The van der Waals surface area contributed by atoms with Gasteiger partial charge in [-0.2, -0.15) is 0 Å². The largest absolute Gasteiger partial charge is 0.275 e. The minimum Gasteiger partial charge on any atom is -0.275 e. The van der Waals surface area contributed by atoms with Crippen molar-refractivity contribution < 1.29 is 9.59 Å². The van der Waals surface area contributed by atoms with Gasteiger partial charge in [-0.15, -0.1) is 0 Å². The first-order chi connectivity index (χ1) is 8.68. The topological polar surface area (TPSA) is 63.2 Å². The highest BCUT2D eigenvalue weighted by Crippen LogP contribution is 2.10. The number of hydrogen-bond donors (Lipinski definition) is 0. The van der Waals surface area contributed by atoms with Gasteiger partial charge in [-0.05, 0) is 31.6 Å². The van der Waals surface area contributed by atoms with Crippen LogP contribution in [0.1, 0.15) is 19.2 Å². The van der Waals surface area contributed by atoms with Gasteiger partial charge in [-0.1, -0.05) is 6.08 Å². The van der Waals surface area contributed by atoms with Crippen LogP contribution in [-0.2, 0) is 9.59 Å². The van der Waals surface area contributed by atoms with Gasteiger partial charge in [0.15, 0.2) is 5.82 Å². The summed E-state index contributed by atoms with van der Waals surface area (Å²) >= 11 is 0. The molecule has 2 amide bonds. The Morgan fingerprint density at radius 2 is 2.11 bits per heavy atom. The van der Waals surface area contributed by atoms with Crippen LogP contribution in [0.2, 0.25) is 0 Å². The summed E-state index contributed by atoms with van der Waals surface area (Å²) in [7, 11) is 0. The molecule has 92 valence electrons. The molecule has 5 nitrogen and oxygen atoms in total. The molecule has 0 saturated heterocycles. The molecule has 0 aromatic carbocycles. The van der Waals surface area contributed by atoms with E-state index in [1.54, 1.807) is 37.5 Å². The van der Waals surface area contributed by atoms with E-state index in [2.05, 4.69) is 9.97 Å². The second kappa shape index (κ2) is 5.35. The highest BCUT2D eigenvalue weighted by Gasteiger charge is 2.22. The first-order valence-electron chi connectivity index (χ1n) is 5.66. The van der Waals surface area contributed by atoms with Crippen LogP contribution in [0.4, 0.5) is 0 Å². The lowest BCUT2D eigenvalue weighted by molar-refractivity contribution is -0.139. The molecule has 2 rings (SSSR count). The second-order valence-electron chi connectivity index (χ2n) is 3.92.